The van der Waals surface area contributed by atoms with E-state index in [2.05, 4.69) is 17.6 Å². The molecule has 0 spiro atoms. The number of carbonyl (C=O) groups excluding carboxylic acids is 2. The lowest BCUT2D eigenvalue weighted by atomic mass is 9.84. The van der Waals surface area contributed by atoms with Gasteiger partial charge in [0.05, 0.1) is 0 Å². The predicted molar refractivity (Wildman–Crippen MR) is 99.6 cm³/mol. The molecule has 0 bridgehead atoms. The van der Waals surface area contributed by atoms with E-state index in [0.29, 0.717) is 23.8 Å². The summed E-state index contributed by atoms with van der Waals surface area (Å²) in [5.74, 6) is 1.19. The second-order valence-corrected chi connectivity index (χ2v) is 7.39. The lowest BCUT2D eigenvalue weighted by Crippen LogP contribution is -2.32. The maximum Gasteiger partial charge on any atom is 0.253 e. The number of benzene rings is 1. The molecule has 0 aromatic heterocycles. The average molecular weight is 343 g/mol. The number of hydrogen-bond acceptors (Lipinski definition) is 3. The van der Waals surface area contributed by atoms with Crippen molar-refractivity contribution in [2.24, 2.45) is 11.8 Å². The Morgan fingerprint density at radius 2 is 1.80 bits per heavy atom. The Bertz CT molecular complexity index is 587. The van der Waals surface area contributed by atoms with Crippen LogP contribution >= 0.6 is 0 Å². The second-order valence-electron chi connectivity index (χ2n) is 7.39. The molecule has 1 unspecified atom stereocenters. The molecular weight excluding hydrogens is 314 g/mol. The smallest absolute Gasteiger partial charge is 0.253 e. The molecule has 25 heavy (non-hydrogen) atoms. The van der Waals surface area contributed by atoms with Crippen molar-refractivity contribution in [1.29, 1.82) is 0 Å². The molecule has 2 fully saturated rings. The zero-order valence-corrected chi connectivity index (χ0v) is 15.1. The molecule has 1 atom stereocenters. The second kappa shape index (κ2) is 8.48. The molecule has 2 heterocycles. The molecule has 2 amide bonds. The minimum atomic E-state index is 0.0599. The molecule has 2 aliphatic rings. The van der Waals surface area contributed by atoms with Crippen LogP contribution in [-0.4, -0.2) is 42.9 Å². The van der Waals surface area contributed by atoms with Gasteiger partial charge in [-0.3, -0.25) is 9.59 Å². The van der Waals surface area contributed by atoms with Gasteiger partial charge in [-0.1, -0.05) is 6.92 Å². The maximum atomic E-state index is 12.3. The van der Waals surface area contributed by atoms with E-state index in [4.69, 9.17) is 0 Å². The minimum absolute atomic E-state index is 0.0599. The molecule has 1 aromatic rings. The highest BCUT2D eigenvalue weighted by molar-refractivity contribution is 5.96. The van der Waals surface area contributed by atoms with Gasteiger partial charge < -0.3 is 15.5 Å². The van der Waals surface area contributed by atoms with E-state index in [1.165, 1.54) is 0 Å². The zero-order chi connectivity index (χ0) is 17.6. The average Bonchev–Trinajstić information content (AvgIpc) is 3.17. The monoisotopic (exact) mass is 343 g/mol. The number of likely N-dealkylation sites (tertiary alicyclic amines) is 1. The molecule has 2 saturated heterocycles. The fourth-order valence-corrected chi connectivity index (χ4v) is 3.88. The van der Waals surface area contributed by atoms with Crippen LogP contribution in [0.25, 0.3) is 0 Å². The van der Waals surface area contributed by atoms with E-state index in [9.17, 15) is 9.59 Å². The lowest BCUT2D eigenvalue weighted by Gasteiger charge is -2.27. The summed E-state index contributed by atoms with van der Waals surface area (Å²) < 4.78 is 0. The van der Waals surface area contributed by atoms with Crippen molar-refractivity contribution in [3.05, 3.63) is 29.8 Å². The Hall–Kier alpha value is -1.88. The molecule has 0 radical (unpaired) electrons. The van der Waals surface area contributed by atoms with Gasteiger partial charge in [0, 0.05) is 30.8 Å². The van der Waals surface area contributed by atoms with Crippen molar-refractivity contribution in [3.8, 4) is 0 Å². The van der Waals surface area contributed by atoms with Crippen LogP contribution in [-0.2, 0) is 4.79 Å². The van der Waals surface area contributed by atoms with Crippen molar-refractivity contribution < 1.29 is 9.59 Å². The minimum Gasteiger partial charge on any atom is -0.339 e. The van der Waals surface area contributed by atoms with E-state index in [1.54, 1.807) is 0 Å². The largest absolute Gasteiger partial charge is 0.339 e. The quantitative estimate of drug-likeness (QED) is 0.864. The number of nitrogens with zero attached hydrogens (tertiary/aromatic N) is 1. The van der Waals surface area contributed by atoms with Crippen molar-refractivity contribution >= 4 is 17.5 Å². The van der Waals surface area contributed by atoms with Gasteiger partial charge >= 0.3 is 0 Å². The van der Waals surface area contributed by atoms with Gasteiger partial charge in [-0.15, -0.1) is 0 Å². The molecule has 3 rings (SSSR count). The molecule has 2 N–H and O–H groups in total. The third kappa shape index (κ3) is 4.82. The molecule has 5 heteroatoms. The first-order valence-corrected chi connectivity index (χ1v) is 9.53. The molecule has 0 aliphatic carbocycles. The van der Waals surface area contributed by atoms with Crippen LogP contribution in [0.4, 0.5) is 5.69 Å². The van der Waals surface area contributed by atoms with Gasteiger partial charge in [-0.25, -0.2) is 0 Å². The molecule has 2 aliphatic heterocycles. The van der Waals surface area contributed by atoms with Crippen LogP contribution < -0.4 is 10.6 Å². The summed E-state index contributed by atoms with van der Waals surface area (Å²) in [5.41, 5.74) is 1.46. The topological polar surface area (TPSA) is 61.4 Å². The Morgan fingerprint density at radius 1 is 1.16 bits per heavy atom. The van der Waals surface area contributed by atoms with Crippen LogP contribution in [0.15, 0.2) is 24.3 Å². The number of nitrogens with one attached hydrogen (secondary N) is 2. The lowest BCUT2D eigenvalue weighted by molar-refractivity contribution is -0.117. The van der Waals surface area contributed by atoms with Gasteiger partial charge in [0.1, 0.15) is 0 Å². The normalized spacial score (nSPS) is 19.6. The van der Waals surface area contributed by atoms with Crippen molar-refractivity contribution in [2.45, 2.75) is 39.0 Å². The van der Waals surface area contributed by atoms with Crippen molar-refractivity contribution in [1.82, 2.24) is 10.2 Å². The highest BCUT2D eigenvalue weighted by atomic mass is 16.2. The van der Waals surface area contributed by atoms with E-state index in [-0.39, 0.29) is 11.8 Å². The Morgan fingerprint density at radius 3 is 2.44 bits per heavy atom. The highest BCUT2D eigenvalue weighted by Gasteiger charge is 2.22. The van der Waals surface area contributed by atoms with Crippen molar-refractivity contribution in [3.63, 3.8) is 0 Å². The summed E-state index contributed by atoms with van der Waals surface area (Å²) in [7, 11) is 0. The van der Waals surface area contributed by atoms with Crippen LogP contribution in [0.3, 0.4) is 0 Å². The van der Waals surface area contributed by atoms with Crippen LogP contribution in [0.5, 0.6) is 0 Å². The van der Waals surface area contributed by atoms with Gasteiger partial charge in [-0.2, -0.15) is 0 Å². The number of rotatable bonds is 5. The first-order chi connectivity index (χ1) is 12.1. The standard InChI is InChI=1S/C20H29N3O2/c1-15(16-8-10-21-11-9-16)14-19(24)22-18-6-4-17(5-7-18)20(25)23-12-2-3-13-23/h4-7,15-16,21H,2-3,8-14H2,1H3,(H,22,24). The van der Waals surface area contributed by atoms with Crippen LogP contribution in [0, 0.1) is 11.8 Å². The Kier molecular flexibility index (Phi) is 6.08. The van der Waals surface area contributed by atoms with Gasteiger partial charge in [0.15, 0.2) is 0 Å². The zero-order valence-electron chi connectivity index (χ0n) is 15.1. The van der Waals surface area contributed by atoms with E-state index >= 15 is 0 Å². The summed E-state index contributed by atoms with van der Waals surface area (Å²) in [6.45, 7) is 6.00. The molecule has 1 aromatic carbocycles. The first-order valence-electron chi connectivity index (χ1n) is 9.53. The SMILES string of the molecule is CC(CC(=O)Nc1ccc(C(=O)N2CCCC2)cc1)C1CCNCC1. The molecule has 0 saturated carbocycles. The summed E-state index contributed by atoms with van der Waals surface area (Å²) in [6.07, 6.45) is 5.05. The fraction of sp³-hybridized carbons (Fsp3) is 0.600. The maximum absolute atomic E-state index is 12.3. The first kappa shape index (κ1) is 17.9. The van der Waals surface area contributed by atoms with Gasteiger partial charge in [-0.05, 0) is 74.9 Å². The van der Waals surface area contributed by atoms with Crippen LogP contribution in [0.2, 0.25) is 0 Å². The van der Waals surface area contributed by atoms with Gasteiger partial charge in [0.2, 0.25) is 5.91 Å². The fourth-order valence-electron chi connectivity index (χ4n) is 3.88. The van der Waals surface area contributed by atoms with E-state index in [0.717, 1.165) is 57.5 Å². The summed E-state index contributed by atoms with van der Waals surface area (Å²) in [4.78, 5) is 26.5. The molecule has 136 valence electrons. The number of carbonyl (C=O) groups is 2. The summed E-state index contributed by atoms with van der Waals surface area (Å²) in [6, 6.07) is 7.28. The third-order valence-electron chi connectivity index (χ3n) is 5.50. The van der Waals surface area contributed by atoms with Crippen LogP contribution in [0.1, 0.15) is 49.4 Å². The highest BCUT2D eigenvalue weighted by Crippen LogP contribution is 2.25. The third-order valence-corrected chi connectivity index (χ3v) is 5.50. The number of amides is 2. The summed E-state index contributed by atoms with van der Waals surface area (Å²) in [5, 5.41) is 6.33. The molecule has 5 nitrogen and oxygen atoms in total. The van der Waals surface area contributed by atoms with Gasteiger partial charge in [0.25, 0.3) is 5.91 Å². The number of piperidine rings is 1. The number of anilines is 1. The Labute approximate surface area is 150 Å². The molecular formula is C20H29N3O2. The van der Waals surface area contributed by atoms with E-state index in [1.807, 2.05) is 29.2 Å². The predicted octanol–water partition coefficient (Wildman–Crippen LogP) is 2.89. The number of hydrogen-bond donors (Lipinski definition) is 2. The van der Waals surface area contributed by atoms with E-state index < -0.39 is 0 Å². The van der Waals surface area contributed by atoms with Crippen molar-refractivity contribution in [2.75, 3.05) is 31.5 Å². The summed E-state index contributed by atoms with van der Waals surface area (Å²) >= 11 is 0. The Balaban J connectivity index is 1.50.